The molecule has 0 aliphatic carbocycles. The molecule has 0 unspecified atom stereocenters. The van der Waals surface area contributed by atoms with Crippen LogP contribution >= 0.6 is 0 Å². The average molecular weight is 404 g/mol. The van der Waals surface area contributed by atoms with Crippen molar-refractivity contribution in [3.05, 3.63) is 87.8 Å². The number of amides is 2. The van der Waals surface area contributed by atoms with Gasteiger partial charge in [0.05, 0.1) is 12.2 Å². The summed E-state index contributed by atoms with van der Waals surface area (Å²) in [4.78, 5) is 38.9. The third-order valence-electron chi connectivity index (χ3n) is 4.71. The SMILES string of the molecule is CCc1ccccc1NC(=O)CN(C)C(=O)c1nn(-c2ccccc2)c(C)cc1=O. The number of rotatable bonds is 6. The molecule has 3 aromatic rings. The van der Waals surface area contributed by atoms with Gasteiger partial charge in [-0.2, -0.15) is 5.10 Å². The zero-order valence-electron chi connectivity index (χ0n) is 17.3. The number of likely N-dealkylation sites (N-methyl/N-ethyl adjacent to an activating group) is 1. The summed E-state index contributed by atoms with van der Waals surface area (Å²) in [6.07, 6.45) is 0.775. The van der Waals surface area contributed by atoms with Crippen molar-refractivity contribution >= 4 is 17.5 Å². The second-order valence-corrected chi connectivity index (χ2v) is 6.97. The lowest BCUT2D eigenvalue weighted by Gasteiger charge is -2.18. The van der Waals surface area contributed by atoms with Crippen molar-refractivity contribution in [2.75, 3.05) is 18.9 Å². The number of benzene rings is 2. The Morgan fingerprint density at radius 3 is 2.43 bits per heavy atom. The number of aromatic nitrogens is 2. The number of nitrogens with zero attached hydrogens (tertiary/aromatic N) is 3. The molecule has 7 heteroatoms. The van der Waals surface area contributed by atoms with E-state index in [0.717, 1.165) is 17.7 Å². The van der Waals surface area contributed by atoms with Crippen LogP contribution in [0.1, 0.15) is 28.7 Å². The van der Waals surface area contributed by atoms with Gasteiger partial charge in [0, 0.05) is 24.5 Å². The summed E-state index contributed by atoms with van der Waals surface area (Å²) in [6.45, 7) is 3.55. The number of aryl methyl sites for hydroxylation is 2. The molecule has 0 aliphatic heterocycles. The summed E-state index contributed by atoms with van der Waals surface area (Å²) in [6, 6.07) is 18.1. The molecule has 2 amide bonds. The molecule has 0 saturated heterocycles. The van der Waals surface area contributed by atoms with Crippen LogP contribution in [0, 0.1) is 6.92 Å². The molecule has 0 atom stereocenters. The number of para-hydroxylation sites is 2. The van der Waals surface area contributed by atoms with E-state index in [-0.39, 0.29) is 18.1 Å². The minimum absolute atomic E-state index is 0.197. The molecule has 0 spiro atoms. The van der Waals surface area contributed by atoms with E-state index in [1.54, 1.807) is 11.6 Å². The molecule has 0 fully saturated rings. The fourth-order valence-electron chi connectivity index (χ4n) is 3.13. The number of anilines is 1. The van der Waals surface area contributed by atoms with Crippen LogP contribution in [0.2, 0.25) is 0 Å². The zero-order chi connectivity index (χ0) is 21.7. The molecule has 7 nitrogen and oxygen atoms in total. The van der Waals surface area contributed by atoms with Crippen LogP contribution in [0.15, 0.2) is 65.5 Å². The summed E-state index contributed by atoms with van der Waals surface area (Å²) in [7, 11) is 1.47. The molecule has 0 saturated carbocycles. The van der Waals surface area contributed by atoms with Gasteiger partial charge in [-0.15, -0.1) is 0 Å². The van der Waals surface area contributed by atoms with Gasteiger partial charge in [-0.3, -0.25) is 14.4 Å². The highest BCUT2D eigenvalue weighted by Crippen LogP contribution is 2.15. The number of hydrogen-bond donors (Lipinski definition) is 1. The van der Waals surface area contributed by atoms with Gasteiger partial charge in [-0.05, 0) is 37.1 Å². The van der Waals surface area contributed by atoms with E-state index in [2.05, 4.69) is 10.4 Å². The number of nitrogens with one attached hydrogen (secondary N) is 1. The maximum Gasteiger partial charge on any atom is 0.278 e. The largest absolute Gasteiger partial charge is 0.331 e. The lowest BCUT2D eigenvalue weighted by atomic mass is 10.1. The van der Waals surface area contributed by atoms with Gasteiger partial charge in [-0.25, -0.2) is 4.68 Å². The molecule has 2 aromatic carbocycles. The van der Waals surface area contributed by atoms with E-state index < -0.39 is 11.3 Å². The Kier molecular flexibility index (Phi) is 6.41. The first-order valence-corrected chi connectivity index (χ1v) is 9.70. The van der Waals surface area contributed by atoms with Crippen molar-refractivity contribution in [3.8, 4) is 5.69 Å². The highest BCUT2D eigenvalue weighted by atomic mass is 16.2. The molecule has 30 heavy (non-hydrogen) atoms. The summed E-state index contributed by atoms with van der Waals surface area (Å²) in [5, 5.41) is 7.09. The molecule has 0 aliphatic rings. The Balaban J connectivity index is 1.79. The van der Waals surface area contributed by atoms with E-state index in [9.17, 15) is 14.4 Å². The Morgan fingerprint density at radius 1 is 1.07 bits per heavy atom. The van der Waals surface area contributed by atoms with Crippen LogP contribution in [0.4, 0.5) is 5.69 Å². The third-order valence-corrected chi connectivity index (χ3v) is 4.71. The predicted molar refractivity (Wildman–Crippen MR) is 116 cm³/mol. The number of hydrogen-bond acceptors (Lipinski definition) is 4. The number of carbonyl (C=O) groups is 2. The molecule has 1 heterocycles. The van der Waals surface area contributed by atoms with E-state index in [0.29, 0.717) is 11.4 Å². The monoisotopic (exact) mass is 404 g/mol. The zero-order valence-corrected chi connectivity index (χ0v) is 17.3. The number of carbonyl (C=O) groups excluding carboxylic acids is 2. The quantitative estimate of drug-likeness (QED) is 0.685. The van der Waals surface area contributed by atoms with E-state index in [1.807, 2.05) is 61.5 Å². The standard InChI is InChI=1S/C23H24N4O3/c1-4-17-10-8-9-13-19(17)24-21(29)15-26(3)23(30)22-20(28)14-16(2)27(25-22)18-11-6-5-7-12-18/h5-14H,4,15H2,1-3H3,(H,24,29). The maximum absolute atomic E-state index is 12.8. The van der Waals surface area contributed by atoms with Crippen molar-refractivity contribution in [2.45, 2.75) is 20.3 Å². The molecule has 154 valence electrons. The van der Waals surface area contributed by atoms with Gasteiger partial charge in [-0.1, -0.05) is 43.3 Å². The first kappa shape index (κ1) is 21.0. The average Bonchev–Trinajstić information content (AvgIpc) is 2.74. The smallest absolute Gasteiger partial charge is 0.278 e. The second kappa shape index (κ2) is 9.17. The van der Waals surface area contributed by atoms with Crippen LogP contribution in [0.5, 0.6) is 0 Å². The first-order chi connectivity index (χ1) is 14.4. The van der Waals surface area contributed by atoms with Gasteiger partial charge in [0.15, 0.2) is 5.69 Å². The van der Waals surface area contributed by atoms with Crippen LogP contribution in [0.25, 0.3) is 5.69 Å². The Morgan fingerprint density at radius 2 is 1.73 bits per heavy atom. The summed E-state index contributed by atoms with van der Waals surface area (Å²) in [5.74, 6) is -0.953. The van der Waals surface area contributed by atoms with Gasteiger partial charge in [0.2, 0.25) is 11.3 Å². The van der Waals surface area contributed by atoms with E-state index >= 15 is 0 Å². The molecule has 0 bridgehead atoms. The molecule has 1 N–H and O–H groups in total. The van der Waals surface area contributed by atoms with Gasteiger partial charge >= 0.3 is 0 Å². The predicted octanol–water partition coefficient (Wildman–Crippen LogP) is 2.81. The van der Waals surface area contributed by atoms with Crippen LogP contribution in [0.3, 0.4) is 0 Å². The molecule has 3 rings (SSSR count). The lowest BCUT2D eigenvalue weighted by molar-refractivity contribution is -0.116. The van der Waals surface area contributed by atoms with Crippen molar-refractivity contribution in [1.82, 2.24) is 14.7 Å². The Labute approximate surface area is 175 Å². The van der Waals surface area contributed by atoms with Crippen molar-refractivity contribution < 1.29 is 9.59 Å². The van der Waals surface area contributed by atoms with Crippen molar-refractivity contribution in [2.24, 2.45) is 0 Å². The van der Waals surface area contributed by atoms with E-state index in [1.165, 1.54) is 18.0 Å². The van der Waals surface area contributed by atoms with Crippen molar-refractivity contribution in [3.63, 3.8) is 0 Å². The summed E-state index contributed by atoms with van der Waals surface area (Å²) >= 11 is 0. The maximum atomic E-state index is 12.8. The van der Waals surface area contributed by atoms with Gasteiger partial charge in [0.1, 0.15) is 0 Å². The van der Waals surface area contributed by atoms with Crippen LogP contribution in [-0.4, -0.2) is 40.1 Å². The van der Waals surface area contributed by atoms with Gasteiger partial charge < -0.3 is 10.2 Å². The Hall–Kier alpha value is -3.74. The van der Waals surface area contributed by atoms with Gasteiger partial charge in [0.25, 0.3) is 5.91 Å². The highest BCUT2D eigenvalue weighted by Gasteiger charge is 2.21. The first-order valence-electron chi connectivity index (χ1n) is 9.70. The topological polar surface area (TPSA) is 84.3 Å². The molecular formula is C23H24N4O3. The third kappa shape index (κ3) is 4.63. The Bertz CT molecular complexity index is 1120. The van der Waals surface area contributed by atoms with Crippen molar-refractivity contribution in [1.29, 1.82) is 0 Å². The van der Waals surface area contributed by atoms with E-state index in [4.69, 9.17) is 0 Å². The minimum atomic E-state index is -0.608. The fourth-order valence-corrected chi connectivity index (χ4v) is 3.13. The fraction of sp³-hybridized carbons (Fsp3) is 0.217. The van der Waals surface area contributed by atoms with Crippen LogP contribution < -0.4 is 10.7 Å². The minimum Gasteiger partial charge on any atom is -0.331 e. The summed E-state index contributed by atoms with van der Waals surface area (Å²) in [5.41, 5.74) is 2.36. The molecule has 0 radical (unpaired) electrons. The second-order valence-electron chi connectivity index (χ2n) is 6.97. The van der Waals surface area contributed by atoms with Crippen LogP contribution in [-0.2, 0) is 11.2 Å². The molecule has 1 aromatic heterocycles. The highest BCUT2D eigenvalue weighted by molar-refractivity contribution is 5.98. The normalized spacial score (nSPS) is 10.5. The summed E-state index contributed by atoms with van der Waals surface area (Å²) < 4.78 is 1.54. The lowest BCUT2D eigenvalue weighted by Crippen LogP contribution is -2.38. The molecular weight excluding hydrogens is 380 g/mol.